The van der Waals surface area contributed by atoms with Crippen LogP contribution in [0.1, 0.15) is 60.9 Å². The molecule has 3 heterocycles. The summed E-state index contributed by atoms with van der Waals surface area (Å²) in [5.41, 5.74) is 0. The summed E-state index contributed by atoms with van der Waals surface area (Å²) in [6.07, 6.45) is 1.84. The van der Waals surface area contributed by atoms with Gasteiger partial charge in [0.25, 0.3) is 5.91 Å². The molecule has 1 N–H and O–H groups in total. The Bertz CT molecular complexity index is 649. The second-order valence-corrected chi connectivity index (χ2v) is 6.28. The highest BCUT2D eigenvalue weighted by Gasteiger charge is 2.34. The van der Waals surface area contributed by atoms with E-state index in [4.69, 9.17) is 4.42 Å². The first-order valence-electron chi connectivity index (χ1n) is 7.04. The molecule has 2 aromatic rings. The molecule has 112 valence electrons. The third-order valence-corrected chi connectivity index (χ3v) is 4.08. The number of carbonyl (C=O) groups is 1. The first-order valence-corrected chi connectivity index (χ1v) is 7.84. The van der Waals surface area contributed by atoms with Crippen LogP contribution in [0.4, 0.5) is 0 Å². The standard InChI is InChI=1S/C14H17BrN4O2/c1-8(2)12-16-13(18-17-12)9-4-3-7-19(9)14(20)10-5-6-11(15)21-10/h5-6,8-9H,3-4,7H2,1-2H3,(H,16,17,18)/t9-/m0/s1. The van der Waals surface area contributed by atoms with Crippen molar-refractivity contribution < 1.29 is 9.21 Å². The number of hydrogen-bond acceptors (Lipinski definition) is 4. The predicted molar refractivity (Wildman–Crippen MR) is 79.9 cm³/mol. The van der Waals surface area contributed by atoms with E-state index in [9.17, 15) is 4.79 Å². The number of aromatic amines is 1. The van der Waals surface area contributed by atoms with Crippen LogP contribution in [-0.4, -0.2) is 32.5 Å². The molecule has 0 saturated carbocycles. The SMILES string of the molecule is CC(C)c1n[nH]c([C@@H]2CCCN2C(=O)c2ccc(Br)o2)n1. The highest BCUT2D eigenvalue weighted by Crippen LogP contribution is 2.32. The van der Waals surface area contributed by atoms with E-state index >= 15 is 0 Å². The normalized spacial score (nSPS) is 18.7. The van der Waals surface area contributed by atoms with E-state index in [0.29, 0.717) is 17.0 Å². The predicted octanol–water partition coefficient (Wildman–Crippen LogP) is 3.26. The Kier molecular flexibility index (Phi) is 3.84. The Balaban J connectivity index is 1.83. The van der Waals surface area contributed by atoms with Gasteiger partial charge in [-0.1, -0.05) is 13.8 Å². The quantitative estimate of drug-likeness (QED) is 0.919. The van der Waals surface area contributed by atoms with Crippen LogP contribution in [0.2, 0.25) is 0 Å². The van der Waals surface area contributed by atoms with Crippen molar-refractivity contribution in [1.82, 2.24) is 20.1 Å². The van der Waals surface area contributed by atoms with Gasteiger partial charge in [0.15, 0.2) is 16.3 Å². The first-order chi connectivity index (χ1) is 10.1. The highest BCUT2D eigenvalue weighted by atomic mass is 79.9. The van der Waals surface area contributed by atoms with Crippen LogP contribution in [0, 0.1) is 0 Å². The average molecular weight is 353 g/mol. The monoisotopic (exact) mass is 352 g/mol. The van der Waals surface area contributed by atoms with E-state index in [2.05, 4.69) is 31.1 Å². The zero-order valence-corrected chi connectivity index (χ0v) is 13.6. The van der Waals surface area contributed by atoms with Gasteiger partial charge in [0, 0.05) is 12.5 Å². The molecule has 0 bridgehead atoms. The van der Waals surface area contributed by atoms with Crippen LogP contribution in [0.3, 0.4) is 0 Å². The molecule has 6 nitrogen and oxygen atoms in total. The van der Waals surface area contributed by atoms with E-state index in [1.807, 2.05) is 13.8 Å². The van der Waals surface area contributed by atoms with Crippen LogP contribution in [0.5, 0.6) is 0 Å². The molecule has 0 unspecified atom stereocenters. The number of nitrogens with one attached hydrogen (secondary N) is 1. The largest absolute Gasteiger partial charge is 0.444 e. The summed E-state index contributed by atoms with van der Waals surface area (Å²) in [4.78, 5) is 18.9. The molecule has 2 aromatic heterocycles. The van der Waals surface area contributed by atoms with Crippen LogP contribution in [0.15, 0.2) is 21.2 Å². The maximum Gasteiger partial charge on any atom is 0.290 e. The van der Waals surface area contributed by atoms with E-state index in [0.717, 1.165) is 24.5 Å². The second-order valence-electron chi connectivity index (χ2n) is 5.49. The lowest BCUT2D eigenvalue weighted by atomic mass is 10.2. The number of carbonyl (C=O) groups excluding carboxylic acids is 1. The molecular formula is C14H17BrN4O2. The summed E-state index contributed by atoms with van der Waals surface area (Å²) in [6, 6.07) is 3.35. The Morgan fingerprint density at radius 3 is 2.95 bits per heavy atom. The van der Waals surface area contributed by atoms with Crippen LogP contribution < -0.4 is 0 Å². The molecule has 1 atom stereocenters. The zero-order chi connectivity index (χ0) is 15.0. The lowest BCUT2D eigenvalue weighted by molar-refractivity contribution is 0.0696. The fourth-order valence-electron chi connectivity index (χ4n) is 2.56. The average Bonchev–Trinajstić information content (AvgIpc) is 3.17. The summed E-state index contributed by atoms with van der Waals surface area (Å²) in [7, 11) is 0. The molecule has 1 saturated heterocycles. The third kappa shape index (κ3) is 2.74. The van der Waals surface area contributed by atoms with Crippen LogP contribution in [-0.2, 0) is 0 Å². The van der Waals surface area contributed by atoms with Gasteiger partial charge in [-0.3, -0.25) is 9.89 Å². The van der Waals surface area contributed by atoms with Crippen molar-refractivity contribution in [3.05, 3.63) is 34.2 Å². The molecule has 0 aliphatic carbocycles. The molecular weight excluding hydrogens is 336 g/mol. The Morgan fingerprint density at radius 2 is 2.33 bits per heavy atom. The van der Waals surface area contributed by atoms with Gasteiger partial charge in [-0.05, 0) is 40.9 Å². The second kappa shape index (κ2) is 5.63. The summed E-state index contributed by atoms with van der Waals surface area (Å²) in [6.45, 7) is 4.80. The Morgan fingerprint density at radius 1 is 1.52 bits per heavy atom. The number of halogens is 1. The van der Waals surface area contributed by atoms with Crippen molar-refractivity contribution in [3.8, 4) is 0 Å². The molecule has 1 amide bonds. The van der Waals surface area contributed by atoms with Crippen LogP contribution in [0.25, 0.3) is 0 Å². The van der Waals surface area contributed by atoms with Gasteiger partial charge in [0.1, 0.15) is 5.82 Å². The van der Waals surface area contributed by atoms with Gasteiger partial charge in [0.05, 0.1) is 6.04 Å². The Labute approximate surface area is 131 Å². The van der Waals surface area contributed by atoms with Crippen molar-refractivity contribution in [3.63, 3.8) is 0 Å². The molecule has 0 aromatic carbocycles. The minimum absolute atomic E-state index is 0.0543. The maximum absolute atomic E-state index is 12.5. The fourth-order valence-corrected chi connectivity index (χ4v) is 2.87. The van der Waals surface area contributed by atoms with E-state index in [1.165, 1.54) is 0 Å². The first kappa shape index (κ1) is 14.3. The lowest BCUT2D eigenvalue weighted by Gasteiger charge is -2.21. The summed E-state index contributed by atoms with van der Waals surface area (Å²) >= 11 is 3.22. The topological polar surface area (TPSA) is 75.0 Å². The van der Waals surface area contributed by atoms with Crippen molar-refractivity contribution >= 4 is 21.8 Å². The molecule has 1 aliphatic heterocycles. The number of amides is 1. The number of aromatic nitrogens is 3. The number of H-pyrrole nitrogens is 1. The zero-order valence-electron chi connectivity index (χ0n) is 12.0. The third-order valence-electron chi connectivity index (χ3n) is 3.65. The molecule has 0 radical (unpaired) electrons. The molecule has 0 spiro atoms. The number of rotatable bonds is 3. The molecule has 1 fully saturated rings. The number of likely N-dealkylation sites (tertiary alicyclic amines) is 1. The molecule has 7 heteroatoms. The van der Waals surface area contributed by atoms with E-state index in [-0.39, 0.29) is 17.9 Å². The van der Waals surface area contributed by atoms with E-state index < -0.39 is 0 Å². The smallest absolute Gasteiger partial charge is 0.290 e. The molecule has 1 aliphatic rings. The van der Waals surface area contributed by atoms with Gasteiger partial charge >= 0.3 is 0 Å². The van der Waals surface area contributed by atoms with Crippen molar-refractivity contribution in [2.75, 3.05) is 6.54 Å². The van der Waals surface area contributed by atoms with Gasteiger partial charge in [0.2, 0.25) is 0 Å². The summed E-state index contributed by atoms with van der Waals surface area (Å²) in [5.74, 6) is 2.05. The summed E-state index contributed by atoms with van der Waals surface area (Å²) < 4.78 is 5.92. The fraction of sp³-hybridized carbons (Fsp3) is 0.500. The van der Waals surface area contributed by atoms with E-state index in [1.54, 1.807) is 17.0 Å². The van der Waals surface area contributed by atoms with Gasteiger partial charge in [-0.2, -0.15) is 5.10 Å². The number of hydrogen-bond donors (Lipinski definition) is 1. The van der Waals surface area contributed by atoms with Crippen molar-refractivity contribution in [1.29, 1.82) is 0 Å². The summed E-state index contributed by atoms with van der Waals surface area (Å²) in [5, 5.41) is 7.20. The van der Waals surface area contributed by atoms with Gasteiger partial charge in [-0.15, -0.1) is 0 Å². The highest BCUT2D eigenvalue weighted by molar-refractivity contribution is 9.10. The maximum atomic E-state index is 12.5. The number of nitrogens with zero attached hydrogens (tertiary/aromatic N) is 3. The van der Waals surface area contributed by atoms with Gasteiger partial charge < -0.3 is 9.32 Å². The molecule has 21 heavy (non-hydrogen) atoms. The van der Waals surface area contributed by atoms with Crippen molar-refractivity contribution in [2.45, 2.75) is 38.6 Å². The van der Waals surface area contributed by atoms with Crippen LogP contribution >= 0.6 is 15.9 Å². The minimum Gasteiger partial charge on any atom is -0.444 e. The molecule has 3 rings (SSSR count). The number of furan rings is 1. The minimum atomic E-state index is -0.106. The van der Waals surface area contributed by atoms with Gasteiger partial charge in [-0.25, -0.2) is 4.98 Å². The Hall–Kier alpha value is -1.63. The lowest BCUT2D eigenvalue weighted by Crippen LogP contribution is -2.30. The van der Waals surface area contributed by atoms with Crippen molar-refractivity contribution in [2.24, 2.45) is 0 Å².